The van der Waals surface area contributed by atoms with Gasteiger partial charge in [-0.2, -0.15) is 5.26 Å². The summed E-state index contributed by atoms with van der Waals surface area (Å²) in [5.41, 5.74) is 8.66. The van der Waals surface area contributed by atoms with Gasteiger partial charge in [-0.15, -0.1) is 0 Å². The van der Waals surface area contributed by atoms with Gasteiger partial charge in [0.1, 0.15) is 17.1 Å². The van der Waals surface area contributed by atoms with E-state index < -0.39 is 17.0 Å². The van der Waals surface area contributed by atoms with Gasteiger partial charge in [0.2, 0.25) is 5.89 Å². The van der Waals surface area contributed by atoms with Crippen LogP contribution < -0.4 is 5.32 Å². The number of aliphatic carboxylic acids is 1. The summed E-state index contributed by atoms with van der Waals surface area (Å²) in [6.45, 7) is 11.7. The van der Waals surface area contributed by atoms with Gasteiger partial charge in [-0.3, -0.25) is 19.6 Å². The highest BCUT2D eigenvalue weighted by Gasteiger charge is 2.40. The molecule has 11 nitrogen and oxygen atoms in total. The number of hydrogen-bond donors (Lipinski definition) is 3. The SMILES string of the molecule is Cc1c(Nc2nccc3cc(CN4CC[C@](C)(O)C4)cnc23)cccc1-c1cccc(-c2nc3cc(CN4CC[C@@](C)(C(=O)O)C4)cc(C#N)c3o2)c1C. The van der Waals surface area contributed by atoms with Crippen LogP contribution in [0.15, 0.2) is 77.5 Å². The van der Waals surface area contributed by atoms with Crippen molar-refractivity contribution < 1.29 is 19.4 Å². The Hall–Kier alpha value is -5.67. The zero-order valence-electron chi connectivity index (χ0n) is 31.0. The van der Waals surface area contributed by atoms with Gasteiger partial charge in [-0.25, -0.2) is 9.97 Å². The standard InChI is InChI=1S/C43H43N7O4/c1-26-32(7-5-9-34(26)40-48-36-19-28(17-31(20-44)38(36)54-40)22-49-15-12-42(3,24-49)41(51)52)33-8-6-10-35(27(33)2)47-39-37-30(11-14-45-39)18-29(21-46-37)23-50-16-13-43(4,53)25-50/h5-11,14,17-19,21,53H,12-13,15-16,22-25H2,1-4H3,(H,45,47)(H,51,52)/t42-,43+/m1/s1. The Morgan fingerprint density at radius 1 is 0.926 bits per heavy atom. The molecule has 2 aliphatic rings. The third-order valence-corrected chi connectivity index (χ3v) is 11.2. The van der Waals surface area contributed by atoms with Crippen LogP contribution in [-0.4, -0.2) is 72.7 Å². The molecule has 0 saturated carbocycles. The van der Waals surface area contributed by atoms with Gasteiger partial charge in [0, 0.05) is 61.8 Å². The molecule has 3 N–H and O–H groups in total. The van der Waals surface area contributed by atoms with Crippen molar-refractivity contribution in [1.29, 1.82) is 5.26 Å². The summed E-state index contributed by atoms with van der Waals surface area (Å²) in [4.78, 5) is 30.5. The number of carbonyl (C=O) groups is 1. The summed E-state index contributed by atoms with van der Waals surface area (Å²) in [5.74, 6) is 0.327. The Bertz CT molecular complexity index is 2480. The number of β-amino-alcohol motifs (C(OH)–C–C–N with tert-alkyl or cyclic N) is 1. The van der Waals surface area contributed by atoms with E-state index >= 15 is 0 Å². The minimum absolute atomic E-state index is 0.401. The van der Waals surface area contributed by atoms with Crippen LogP contribution in [0.2, 0.25) is 0 Å². The number of likely N-dealkylation sites (tertiary alicyclic amines) is 2. The Kier molecular flexibility index (Phi) is 8.93. The summed E-state index contributed by atoms with van der Waals surface area (Å²) in [5, 5.41) is 34.7. The quantitative estimate of drug-likeness (QED) is 0.135. The van der Waals surface area contributed by atoms with Crippen molar-refractivity contribution in [2.45, 2.75) is 59.2 Å². The second-order valence-electron chi connectivity index (χ2n) is 15.6. The maximum Gasteiger partial charge on any atom is 0.310 e. The number of benzene rings is 3. The molecule has 0 spiro atoms. The van der Waals surface area contributed by atoms with Crippen LogP contribution in [0, 0.1) is 30.6 Å². The fourth-order valence-electron chi connectivity index (χ4n) is 8.07. The first-order valence-electron chi connectivity index (χ1n) is 18.3. The number of nitrogens with one attached hydrogen (secondary N) is 1. The number of aliphatic hydroxyl groups is 1. The number of rotatable bonds is 9. The number of carboxylic acid groups (broad SMARTS) is 1. The predicted molar refractivity (Wildman–Crippen MR) is 208 cm³/mol. The molecule has 6 aromatic rings. The number of carboxylic acids is 1. The Balaban J connectivity index is 1.06. The molecule has 0 amide bonds. The molecule has 3 aromatic carbocycles. The normalized spacial score (nSPS) is 20.5. The van der Waals surface area contributed by atoms with Gasteiger partial charge < -0.3 is 19.9 Å². The third-order valence-electron chi connectivity index (χ3n) is 11.2. The molecule has 0 unspecified atom stereocenters. The van der Waals surface area contributed by atoms with Crippen LogP contribution >= 0.6 is 0 Å². The molecule has 2 saturated heterocycles. The van der Waals surface area contributed by atoms with Crippen LogP contribution in [0.1, 0.15) is 54.5 Å². The van der Waals surface area contributed by atoms with E-state index in [2.05, 4.69) is 58.2 Å². The number of fused-ring (bicyclic) bond motifs is 2. The highest BCUT2D eigenvalue weighted by atomic mass is 16.4. The van der Waals surface area contributed by atoms with Crippen molar-refractivity contribution in [3.63, 3.8) is 0 Å². The van der Waals surface area contributed by atoms with E-state index in [1.54, 1.807) is 13.1 Å². The topological polar surface area (TPSA) is 152 Å². The Labute approximate surface area is 313 Å². The largest absolute Gasteiger partial charge is 0.481 e. The maximum absolute atomic E-state index is 11.8. The number of anilines is 2. The van der Waals surface area contributed by atoms with E-state index in [4.69, 9.17) is 14.4 Å². The summed E-state index contributed by atoms with van der Waals surface area (Å²) in [7, 11) is 0. The molecule has 0 radical (unpaired) electrons. The summed E-state index contributed by atoms with van der Waals surface area (Å²) < 4.78 is 6.30. The summed E-state index contributed by atoms with van der Waals surface area (Å²) in [6, 6.07) is 22.4. The molecule has 2 atom stereocenters. The molecule has 274 valence electrons. The minimum Gasteiger partial charge on any atom is -0.481 e. The highest BCUT2D eigenvalue weighted by molar-refractivity contribution is 5.91. The first-order chi connectivity index (χ1) is 25.9. The van der Waals surface area contributed by atoms with Crippen molar-refractivity contribution in [1.82, 2.24) is 24.8 Å². The number of nitriles is 1. The van der Waals surface area contributed by atoms with Crippen LogP contribution in [0.4, 0.5) is 11.5 Å². The molecule has 0 bridgehead atoms. The van der Waals surface area contributed by atoms with Crippen LogP contribution in [-0.2, 0) is 17.9 Å². The summed E-state index contributed by atoms with van der Waals surface area (Å²) >= 11 is 0. The van der Waals surface area contributed by atoms with E-state index in [0.717, 1.165) is 75.0 Å². The molecule has 11 heteroatoms. The van der Waals surface area contributed by atoms with Gasteiger partial charge >= 0.3 is 5.97 Å². The Morgan fingerprint density at radius 3 is 2.39 bits per heavy atom. The van der Waals surface area contributed by atoms with Crippen molar-refractivity contribution in [2.24, 2.45) is 5.41 Å². The van der Waals surface area contributed by atoms with Crippen LogP contribution in [0.3, 0.4) is 0 Å². The average molecular weight is 722 g/mol. The average Bonchev–Trinajstić information content (AvgIpc) is 3.85. The third kappa shape index (κ3) is 6.69. The van der Waals surface area contributed by atoms with Crippen LogP contribution in [0.25, 0.3) is 44.6 Å². The fourth-order valence-corrected chi connectivity index (χ4v) is 8.07. The Morgan fingerprint density at radius 2 is 1.65 bits per heavy atom. The van der Waals surface area contributed by atoms with E-state index in [1.807, 2.05) is 55.6 Å². The monoisotopic (exact) mass is 721 g/mol. The number of nitrogens with zero attached hydrogens (tertiary/aromatic N) is 6. The molecular formula is C43H43N7O4. The molecule has 8 rings (SSSR count). The minimum atomic E-state index is -0.783. The molecule has 5 heterocycles. The second kappa shape index (κ2) is 13.6. The number of oxazole rings is 1. The van der Waals surface area contributed by atoms with Gasteiger partial charge in [0.25, 0.3) is 0 Å². The fraction of sp³-hybridized carbons (Fsp3) is 0.326. The lowest BCUT2D eigenvalue weighted by atomic mass is 9.90. The van der Waals surface area contributed by atoms with E-state index in [-0.39, 0.29) is 0 Å². The number of pyridine rings is 2. The van der Waals surface area contributed by atoms with E-state index in [0.29, 0.717) is 61.0 Å². The van der Waals surface area contributed by atoms with E-state index in [1.165, 1.54) is 0 Å². The zero-order valence-corrected chi connectivity index (χ0v) is 31.0. The predicted octanol–water partition coefficient (Wildman–Crippen LogP) is 7.59. The van der Waals surface area contributed by atoms with Crippen LogP contribution in [0.5, 0.6) is 0 Å². The number of hydrogen-bond acceptors (Lipinski definition) is 10. The van der Waals surface area contributed by atoms with Gasteiger partial charge in [-0.1, -0.05) is 24.3 Å². The van der Waals surface area contributed by atoms with Gasteiger partial charge in [0.05, 0.1) is 16.6 Å². The lowest BCUT2D eigenvalue weighted by Gasteiger charge is -2.20. The smallest absolute Gasteiger partial charge is 0.310 e. The first kappa shape index (κ1) is 35.4. The molecule has 0 aliphatic carbocycles. The van der Waals surface area contributed by atoms with Crippen molar-refractivity contribution >= 4 is 39.5 Å². The molecule has 2 fully saturated rings. The zero-order chi connectivity index (χ0) is 37.8. The molecule has 2 aliphatic heterocycles. The molecule has 3 aromatic heterocycles. The van der Waals surface area contributed by atoms with E-state index in [9.17, 15) is 20.3 Å². The van der Waals surface area contributed by atoms with Crippen molar-refractivity contribution in [2.75, 3.05) is 31.5 Å². The lowest BCUT2D eigenvalue weighted by molar-refractivity contribution is -0.147. The van der Waals surface area contributed by atoms with Gasteiger partial charge in [0.15, 0.2) is 11.4 Å². The highest BCUT2D eigenvalue weighted by Crippen LogP contribution is 2.38. The first-order valence-corrected chi connectivity index (χ1v) is 18.3. The van der Waals surface area contributed by atoms with Gasteiger partial charge in [-0.05, 0) is 117 Å². The summed E-state index contributed by atoms with van der Waals surface area (Å²) in [6.07, 6.45) is 5.05. The van der Waals surface area contributed by atoms with Crippen molar-refractivity contribution in [3.05, 3.63) is 101 Å². The second-order valence-corrected chi connectivity index (χ2v) is 15.6. The van der Waals surface area contributed by atoms with Crippen molar-refractivity contribution in [3.8, 4) is 28.7 Å². The molecule has 54 heavy (non-hydrogen) atoms. The lowest BCUT2D eigenvalue weighted by Crippen LogP contribution is -2.31. The molecular weight excluding hydrogens is 679 g/mol. The number of aromatic nitrogens is 3. The maximum atomic E-state index is 11.8.